The quantitative estimate of drug-likeness (QED) is 0.815. The van der Waals surface area contributed by atoms with E-state index in [9.17, 15) is 0 Å². The van der Waals surface area contributed by atoms with Crippen molar-refractivity contribution in [3.8, 4) is 5.69 Å². The van der Waals surface area contributed by atoms with Gasteiger partial charge in [0.25, 0.3) is 0 Å². The van der Waals surface area contributed by atoms with Crippen LogP contribution in [-0.2, 0) is 0 Å². The molecule has 0 aliphatic rings. The Morgan fingerprint density at radius 3 is 2.87 bits per heavy atom. The molecule has 2 aromatic rings. The summed E-state index contributed by atoms with van der Waals surface area (Å²) >= 11 is 11.0. The van der Waals surface area contributed by atoms with Gasteiger partial charge in [0.2, 0.25) is 0 Å². The van der Waals surface area contributed by atoms with Gasteiger partial charge < -0.3 is 10.3 Å². The fraction of sp³-hybridized carbons (Fsp3) is 0. The number of nitrogens with zero attached hydrogens (tertiary/aromatic N) is 2. The second-order valence-corrected chi connectivity index (χ2v) is 3.82. The van der Waals surface area contributed by atoms with E-state index in [-0.39, 0.29) is 4.99 Å². The zero-order chi connectivity index (χ0) is 10.8. The largest absolute Gasteiger partial charge is 0.389 e. The predicted molar refractivity (Wildman–Crippen MR) is 64.5 cm³/mol. The first kappa shape index (κ1) is 10.1. The van der Waals surface area contributed by atoms with Gasteiger partial charge in [0.05, 0.1) is 22.6 Å². The van der Waals surface area contributed by atoms with Crippen LogP contribution in [-0.4, -0.2) is 14.5 Å². The number of benzene rings is 1. The number of hydrogen-bond acceptors (Lipinski definition) is 2. The van der Waals surface area contributed by atoms with Crippen LogP contribution in [0.1, 0.15) is 5.56 Å². The Balaban J connectivity index is 2.66. The lowest BCUT2D eigenvalue weighted by molar-refractivity contribution is 1.05. The molecule has 3 nitrogen and oxygen atoms in total. The minimum Gasteiger partial charge on any atom is -0.389 e. The third-order valence-corrected chi connectivity index (χ3v) is 2.54. The molecule has 1 aromatic carbocycles. The normalized spacial score (nSPS) is 10.2. The van der Waals surface area contributed by atoms with Gasteiger partial charge in [-0.2, -0.15) is 0 Å². The van der Waals surface area contributed by atoms with E-state index in [1.807, 2.05) is 22.9 Å². The summed E-state index contributed by atoms with van der Waals surface area (Å²) in [5.41, 5.74) is 7.15. The summed E-state index contributed by atoms with van der Waals surface area (Å²) in [6.45, 7) is 0. The van der Waals surface area contributed by atoms with Crippen LogP contribution in [0, 0.1) is 0 Å². The maximum atomic E-state index is 6.04. The van der Waals surface area contributed by atoms with Gasteiger partial charge in [-0.25, -0.2) is 4.98 Å². The Morgan fingerprint density at radius 1 is 1.47 bits per heavy atom. The van der Waals surface area contributed by atoms with Gasteiger partial charge >= 0.3 is 0 Å². The lowest BCUT2D eigenvalue weighted by atomic mass is 10.1. The first-order chi connectivity index (χ1) is 7.20. The molecule has 0 unspecified atom stereocenters. The van der Waals surface area contributed by atoms with Crippen molar-refractivity contribution >= 4 is 28.8 Å². The SMILES string of the molecule is NC(=S)c1c(Cl)cccc1-n1ccnc1. The Bertz CT molecular complexity index is 493. The standard InChI is InChI=1S/C10H8ClN3S/c11-7-2-1-3-8(9(7)10(12)15)14-5-4-13-6-14/h1-6H,(H2,12,15). The predicted octanol–water partition coefficient (Wildman–Crippen LogP) is 2.16. The summed E-state index contributed by atoms with van der Waals surface area (Å²) in [4.78, 5) is 4.25. The molecule has 0 atom stereocenters. The Labute approximate surface area is 97.5 Å². The highest BCUT2D eigenvalue weighted by Crippen LogP contribution is 2.22. The minimum absolute atomic E-state index is 0.282. The molecule has 0 saturated carbocycles. The second kappa shape index (κ2) is 4.00. The lowest BCUT2D eigenvalue weighted by Gasteiger charge is -2.10. The van der Waals surface area contributed by atoms with Gasteiger partial charge in [-0.3, -0.25) is 0 Å². The van der Waals surface area contributed by atoms with E-state index in [2.05, 4.69) is 4.98 Å². The molecule has 1 aromatic heterocycles. The third-order valence-electron chi connectivity index (χ3n) is 2.02. The molecule has 76 valence electrons. The van der Waals surface area contributed by atoms with Gasteiger partial charge in [-0.05, 0) is 12.1 Å². The summed E-state index contributed by atoms with van der Waals surface area (Å²) in [5.74, 6) is 0. The number of rotatable bonds is 2. The molecule has 0 aliphatic carbocycles. The highest BCUT2D eigenvalue weighted by atomic mass is 35.5. The number of imidazole rings is 1. The fourth-order valence-electron chi connectivity index (χ4n) is 1.37. The number of halogens is 1. The van der Waals surface area contributed by atoms with Gasteiger partial charge in [0.1, 0.15) is 4.99 Å². The first-order valence-corrected chi connectivity index (χ1v) is 5.05. The van der Waals surface area contributed by atoms with Crippen molar-refractivity contribution in [3.05, 3.63) is 47.5 Å². The highest BCUT2D eigenvalue weighted by molar-refractivity contribution is 7.80. The molecule has 0 bridgehead atoms. The molecular formula is C10H8ClN3S. The molecule has 0 aliphatic heterocycles. The molecule has 0 fully saturated rings. The minimum atomic E-state index is 0.282. The zero-order valence-electron chi connectivity index (χ0n) is 7.72. The smallest absolute Gasteiger partial charge is 0.107 e. The van der Waals surface area contributed by atoms with Crippen LogP contribution in [0.5, 0.6) is 0 Å². The van der Waals surface area contributed by atoms with Crippen LogP contribution in [0.2, 0.25) is 5.02 Å². The van der Waals surface area contributed by atoms with Crippen LogP contribution in [0.3, 0.4) is 0 Å². The zero-order valence-corrected chi connectivity index (χ0v) is 9.29. The highest BCUT2D eigenvalue weighted by Gasteiger charge is 2.10. The van der Waals surface area contributed by atoms with Crippen molar-refractivity contribution in [1.82, 2.24) is 9.55 Å². The van der Waals surface area contributed by atoms with E-state index in [1.54, 1.807) is 18.6 Å². The molecule has 2 rings (SSSR count). The van der Waals surface area contributed by atoms with Crippen LogP contribution >= 0.6 is 23.8 Å². The summed E-state index contributed by atoms with van der Waals surface area (Å²) in [7, 11) is 0. The lowest BCUT2D eigenvalue weighted by Crippen LogP contribution is -2.13. The Hall–Kier alpha value is -1.39. The van der Waals surface area contributed by atoms with E-state index in [0.29, 0.717) is 10.6 Å². The maximum absolute atomic E-state index is 6.04. The number of aromatic nitrogens is 2. The van der Waals surface area contributed by atoms with Gasteiger partial charge in [0, 0.05) is 12.4 Å². The molecule has 15 heavy (non-hydrogen) atoms. The average molecular weight is 238 g/mol. The van der Waals surface area contributed by atoms with E-state index in [4.69, 9.17) is 29.6 Å². The summed E-state index contributed by atoms with van der Waals surface area (Å²) in [6, 6.07) is 5.50. The van der Waals surface area contributed by atoms with Crippen molar-refractivity contribution < 1.29 is 0 Å². The van der Waals surface area contributed by atoms with E-state index in [0.717, 1.165) is 5.69 Å². The van der Waals surface area contributed by atoms with Crippen LogP contribution in [0.25, 0.3) is 5.69 Å². The first-order valence-electron chi connectivity index (χ1n) is 4.27. The summed E-state index contributed by atoms with van der Waals surface area (Å²) < 4.78 is 1.82. The third kappa shape index (κ3) is 1.86. The Kier molecular flexibility index (Phi) is 2.70. The van der Waals surface area contributed by atoms with Crippen molar-refractivity contribution in [2.24, 2.45) is 5.73 Å². The number of nitrogens with two attached hydrogens (primary N) is 1. The molecule has 0 amide bonds. The summed E-state index contributed by atoms with van der Waals surface area (Å²) in [5, 5.41) is 0.550. The number of thiocarbonyl (C=S) groups is 1. The van der Waals surface area contributed by atoms with Crippen LogP contribution < -0.4 is 5.73 Å². The second-order valence-electron chi connectivity index (χ2n) is 2.97. The van der Waals surface area contributed by atoms with E-state index >= 15 is 0 Å². The van der Waals surface area contributed by atoms with Gasteiger partial charge in [-0.15, -0.1) is 0 Å². The molecule has 0 saturated heterocycles. The Morgan fingerprint density at radius 2 is 2.27 bits per heavy atom. The maximum Gasteiger partial charge on any atom is 0.107 e. The van der Waals surface area contributed by atoms with Crippen LogP contribution in [0.4, 0.5) is 0 Å². The van der Waals surface area contributed by atoms with E-state index in [1.165, 1.54) is 0 Å². The van der Waals surface area contributed by atoms with Crippen LogP contribution in [0.15, 0.2) is 36.9 Å². The van der Waals surface area contributed by atoms with Crippen molar-refractivity contribution in [1.29, 1.82) is 0 Å². The van der Waals surface area contributed by atoms with Crippen molar-refractivity contribution in [3.63, 3.8) is 0 Å². The summed E-state index contributed by atoms with van der Waals surface area (Å²) in [6.07, 6.45) is 5.17. The van der Waals surface area contributed by atoms with Gasteiger partial charge in [0.15, 0.2) is 0 Å². The van der Waals surface area contributed by atoms with E-state index < -0.39 is 0 Å². The molecular weight excluding hydrogens is 230 g/mol. The van der Waals surface area contributed by atoms with Crippen molar-refractivity contribution in [2.75, 3.05) is 0 Å². The molecule has 0 radical (unpaired) electrons. The fourth-order valence-corrected chi connectivity index (χ4v) is 1.92. The van der Waals surface area contributed by atoms with Gasteiger partial charge in [-0.1, -0.05) is 29.9 Å². The molecule has 0 spiro atoms. The monoisotopic (exact) mass is 237 g/mol. The number of hydrogen-bond donors (Lipinski definition) is 1. The molecule has 2 N–H and O–H groups in total. The average Bonchev–Trinajstić information content (AvgIpc) is 2.69. The molecule has 5 heteroatoms. The topological polar surface area (TPSA) is 43.8 Å². The van der Waals surface area contributed by atoms with Crippen molar-refractivity contribution in [2.45, 2.75) is 0 Å². The molecule has 1 heterocycles.